The Labute approximate surface area is 88.3 Å². The molecule has 1 amide bonds. The monoisotopic (exact) mass is 212 g/mol. The number of thiophene rings is 1. The van der Waals surface area contributed by atoms with E-state index in [1.165, 1.54) is 10.4 Å². The highest BCUT2D eigenvalue weighted by Crippen LogP contribution is 2.15. The number of hydrogen-bond acceptors (Lipinski definition) is 3. The molecule has 0 aromatic carbocycles. The van der Waals surface area contributed by atoms with Crippen LogP contribution >= 0.6 is 11.3 Å². The highest BCUT2D eigenvalue weighted by molar-refractivity contribution is 7.10. The molecule has 0 aliphatic carbocycles. The van der Waals surface area contributed by atoms with Crippen LogP contribution in [0.5, 0.6) is 0 Å². The second-order valence-electron chi connectivity index (χ2n) is 3.36. The molecule has 0 aliphatic heterocycles. The van der Waals surface area contributed by atoms with Gasteiger partial charge in [-0.25, -0.2) is 0 Å². The number of carbonyl (C=O) groups excluding carboxylic acids is 1. The lowest BCUT2D eigenvalue weighted by molar-refractivity contribution is -0.121. The van der Waals surface area contributed by atoms with Crippen molar-refractivity contribution in [3.63, 3.8) is 0 Å². The van der Waals surface area contributed by atoms with Crippen LogP contribution in [0.4, 0.5) is 0 Å². The van der Waals surface area contributed by atoms with Gasteiger partial charge in [-0.3, -0.25) is 4.79 Å². The molecule has 0 radical (unpaired) electrons. The van der Waals surface area contributed by atoms with E-state index in [0.717, 1.165) is 6.42 Å². The van der Waals surface area contributed by atoms with Crippen LogP contribution in [0, 0.1) is 6.92 Å². The lowest BCUT2D eigenvalue weighted by Gasteiger charge is -2.06. The lowest BCUT2D eigenvalue weighted by atomic mass is 10.2. The van der Waals surface area contributed by atoms with E-state index in [9.17, 15) is 4.79 Å². The highest BCUT2D eigenvalue weighted by atomic mass is 32.1. The Balaban J connectivity index is 2.29. The second-order valence-corrected chi connectivity index (χ2v) is 4.36. The van der Waals surface area contributed by atoms with Crippen molar-refractivity contribution >= 4 is 17.2 Å². The van der Waals surface area contributed by atoms with E-state index in [1.807, 2.05) is 0 Å². The summed E-state index contributed by atoms with van der Waals surface area (Å²) in [6.07, 6.45) is 0.891. The first-order valence-corrected chi connectivity index (χ1v) is 5.55. The molecule has 0 fully saturated rings. The molecule has 1 aromatic heterocycles. The van der Waals surface area contributed by atoms with E-state index in [-0.39, 0.29) is 5.91 Å². The minimum Gasteiger partial charge on any atom is -0.354 e. The van der Waals surface area contributed by atoms with E-state index in [0.29, 0.717) is 6.54 Å². The summed E-state index contributed by atoms with van der Waals surface area (Å²) in [5.41, 5.74) is 6.71. The first-order chi connectivity index (χ1) is 6.61. The summed E-state index contributed by atoms with van der Waals surface area (Å²) in [4.78, 5) is 12.5. The highest BCUT2D eigenvalue weighted by Gasteiger charge is 2.06. The summed E-state index contributed by atoms with van der Waals surface area (Å²) in [7, 11) is 0. The number of nitrogens with one attached hydrogen (secondary N) is 1. The molecule has 0 saturated carbocycles. The van der Waals surface area contributed by atoms with E-state index in [4.69, 9.17) is 5.73 Å². The maximum Gasteiger partial charge on any atom is 0.236 e. The molecule has 14 heavy (non-hydrogen) atoms. The van der Waals surface area contributed by atoms with Crippen molar-refractivity contribution in [1.29, 1.82) is 0 Å². The SMILES string of the molecule is Cc1ccsc1CCNC(=O)[C@@H](C)N. The lowest BCUT2D eigenvalue weighted by Crippen LogP contribution is -2.39. The maximum atomic E-state index is 11.1. The van der Waals surface area contributed by atoms with Crippen LogP contribution in [-0.2, 0) is 11.2 Å². The predicted octanol–water partition coefficient (Wildman–Crippen LogP) is 1.06. The van der Waals surface area contributed by atoms with Crippen molar-refractivity contribution in [2.24, 2.45) is 5.73 Å². The fraction of sp³-hybridized carbons (Fsp3) is 0.500. The van der Waals surface area contributed by atoms with Crippen LogP contribution in [0.25, 0.3) is 0 Å². The molecule has 0 unspecified atom stereocenters. The van der Waals surface area contributed by atoms with E-state index in [2.05, 4.69) is 23.7 Å². The molecule has 4 heteroatoms. The minimum atomic E-state index is -0.417. The molecule has 78 valence electrons. The number of hydrogen-bond donors (Lipinski definition) is 2. The molecule has 1 heterocycles. The van der Waals surface area contributed by atoms with E-state index >= 15 is 0 Å². The van der Waals surface area contributed by atoms with Gasteiger partial charge < -0.3 is 11.1 Å². The Morgan fingerprint density at radius 3 is 2.93 bits per heavy atom. The number of amides is 1. The number of rotatable bonds is 4. The maximum absolute atomic E-state index is 11.1. The van der Waals surface area contributed by atoms with Gasteiger partial charge in [0, 0.05) is 11.4 Å². The molecule has 3 nitrogen and oxygen atoms in total. The van der Waals surface area contributed by atoms with Gasteiger partial charge in [0.05, 0.1) is 6.04 Å². The molecule has 1 rings (SSSR count). The van der Waals surface area contributed by atoms with Gasteiger partial charge in [-0.1, -0.05) is 0 Å². The number of carbonyl (C=O) groups is 1. The molecular formula is C10H16N2OS. The summed E-state index contributed by atoms with van der Waals surface area (Å²) in [6, 6.07) is 1.67. The first kappa shape index (κ1) is 11.2. The van der Waals surface area contributed by atoms with Crippen LogP contribution < -0.4 is 11.1 Å². The summed E-state index contributed by atoms with van der Waals surface area (Å²) >= 11 is 1.73. The summed E-state index contributed by atoms with van der Waals surface area (Å²) in [5, 5.41) is 4.86. The topological polar surface area (TPSA) is 55.1 Å². The Morgan fingerprint density at radius 1 is 1.71 bits per heavy atom. The molecular weight excluding hydrogens is 196 g/mol. The minimum absolute atomic E-state index is 0.0841. The third-order valence-corrected chi connectivity index (χ3v) is 3.12. The van der Waals surface area contributed by atoms with Crippen molar-refractivity contribution in [1.82, 2.24) is 5.32 Å². The summed E-state index contributed by atoms with van der Waals surface area (Å²) in [6.45, 7) is 4.44. The van der Waals surface area contributed by atoms with Crippen LogP contribution in [0.1, 0.15) is 17.4 Å². The average molecular weight is 212 g/mol. The second kappa shape index (κ2) is 5.12. The molecule has 0 spiro atoms. The standard InChI is InChI=1S/C10H16N2OS/c1-7-4-6-14-9(7)3-5-12-10(13)8(2)11/h4,6,8H,3,5,11H2,1-2H3,(H,12,13)/t8-/m1/s1. The van der Waals surface area contributed by atoms with Crippen LogP contribution in [0.2, 0.25) is 0 Å². The van der Waals surface area contributed by atoms with Crippen LogP contribution in [0.15, 0.2) is 11.4 Å². The van der Waals surface area contributed by atoms with Crippen LogP contribution in [0.3, 0.4) is 0 Å². The normalized spacial score (nSPS) is 12.5. The van der Waals surface area contributed by atoms with Gasteiger partial charge in [-0.2, -0.15) is 0 Å². The van der Waals surface area contributed by atoms with Crippen molar-refractivity contribution in [2.45, 2.75) is 26.3 Å². The quantitative estimate of drug-likeness (QED) is 0.784. The third-order valence-electron chi connectivity index (χ3n) is 2.03. The summed E-state index contributed by atoms with van der Waals surface area (Å²) in [5.74, 6) is -0.0841. The number of aryl methyl sites for hydroxylation is 1. The molecule has 1 aromatic rings. The molecule has 0 bridgehead atoms. The van der Waals surface area contributed by atoms with Gasteiger partial charge in [0.25, 0.3) is 0 Å². The average Bonchev–Trinajstić information content (AvgIpc) is 2.51. The van der Waals surface area contributed by atoms with Gasteiger partial charge in [-0.05, 0) is 37.3 Å². The van der Waals surface area contributed by atoms with Gasteiger partial charge in [0.1, 0.15) is 0 Å². The van der Waals surface area contributed by atoms with Crippen molar-refractivity contribution in [2.75, 3.05) is 6.54 Å². The first-order valence-electron chi connectivity index (χ1n) is 4.67. The van der Waals surface area contributed by atoms with Crippen molar-refractivity contribution in [3.05, 3.63) is 21.9 Å². The molecule has 3 N–H and O–H groups in total. The zero-order valence-corrected chi connectivity index (χ0v) is 9.36. The number of nitrogens with two attached hydrogens (primary N) is 1. The van der Waals surface area contributed by atoms with Crippen LogP contribution in [-0.4, -0.2) is 18.5 Å². The molecule has 0 aliphatic rings. The van der Waals surface area contributed by atoms with Gasteiger partial charge in [0.2, 0.25) is 5.91 Å². The fourth-order valence-electron chi connectivity index (χ4n) is 1.12. The third kappa shape index (κ3) is 3.12. The smallest absolute Gasteiger partial charge is 0.236 e. The van der Waals surface area contributed by atoms with Crippen molar-refractivity contribution in [3.8, 4) is 0 Å². The van der Waals surface area contributed by atoms with Gasteiger partial charge >= 0.3 is 0 Å². The largest absolute Gasteiger partial charge is 0.354 e. The van der Waals surface area contributed by atoms with Gasteiger partial charge in [0.15, 0.2) is 0 Å². The summed E-state index contributed by atoms with van der Waals surface area (Å²) < 4.78 is 0. The molecule has 1 atom stereocenters. The van der Waals surface area contributed by atoms with E-state index < -0.39 is 6.04 Å². The van der Waals surface area contributed by atoms with Crippen molar-refractivity contribution < 1.29 is 4.79 Å². The zero-order chi connectivity index (χ0) is 10.6. The zero-order valence-electron chi connectivity index (χ0n) is 8.54. The Bertz CT molecular complexity index is 307. The Hall–Kier alpha value is -0.870. The Kier molecular flexibility index (Phi) is 4.10. The Morgan fingerprint density at radius 2 is 2.43 bits per heavy atom. The fourth-order valence-corrected chi connectivity index (χ4v) is 2.03. The predicted molar refractivity (Wildman–Crippen MR) is 59.4 cm³/mol. The molecule has 0 saturated heterocycles. The van der Waals surface area contributed by atoms with E-state index in [1.54, 1.807) is 18.3 Å². The van der Waals surface area contributed by atoms with Gasteiger partial charge in [-0.15, -0.1) is 11.3 Å².